The largest absolute Gasteiger partial charge is 0.480 e. The maximum absolute atomic E-state index is 12.5. The number of carbonyl (C=O) groups is 2. The third kappa shape index (κ3) is 4.57. The molecule has 7 heteroatoms. The molecule has 0 bridgehead atoms. The average molecular weight is 380 g/mol. The number of aliphatic carboxylic acids is 1. The number of nitrogens with one attached hydrogen (secondary N) is 2. The van der Waals surface area contributed by atoms with Crippen LogP contribution in [0.15, 0.2) is 54.7 Å². The summed E-state index contributed by atoms with van der Waals surface area (Å²) in [7, 11) is 0. The smallest absolute Gasteiger partial charge is 0.326 e. The number of carbonyl (C=O) groups excluding carboxylic acids is 1. The van der Waals surface area contributed by atoms with Crippen molar-refractivity contribution in [3.05, 3.63) is 71.4 Å². The minimum atomic E-state index is -1.10. The number of benzene rings is 2. The Kier molecular flexibility index (Phi) is 6.08. The van der Waals surface area contributed by atoms with Crippen LogP contribution in [0.5, 0.6) is 0 Å². The second-order valence-electron chi connectivity index (χ2n) is 6.79. The molecule has 3 aromatic rings. The van der Waals surface area contributed by atoms with Crippen LogP contribution in [-0.4, -0.2) is 34.1 Å². The van der Waals surface area contributed by atoms with Gasteiger partial charge < -0.3 is 26.9 Å². The van der Waals surface area contributed by atoms with E-state index in [1.54, 1.807) is 0 Å². The third-order valence-electron chi connectivity index (χ3n) is 4.76. The van der Waals surface area contributed by atoms with Crippen molar-refractivity contribution in [1.29, 1.82) is 0 Å². The number of aromatic nitrogens is 1. The maximum atomic E-state index is 12.5. The second-order valence-corrected chi connectivity index (χ2v) is 6.79. The second kappa shape index (κ2) is 8.69. The molecule has 2 aromatic carbocycles. The molecule has 3 rings (SSSR count). The normalized spacial score (nSPS) is 13.2. The molecular weight excluding hydrogens is 356 g/mol. The number of amides is 1. The van der Waals surface area contributed by atoms with Crippen LogP contribution < -0.4 is 16.8 Å². The summed E-state index contributed by atoms with van der Waals surface area (Å²) in [6.45, 7) is 0.419. The zero-order valence-corrected chi connectivity index (χ0v) is 15.4. The standard InChI is InChI=1S/C21H24N4O3/c22-11-14-7-5-13(6-8-14)9-19(21(27)28)25-20(26)17(23)10-15-12-24-18-4-2-1-3-16(15)18/h1-8,12,17,19,24H,9-11,22-23H2,(H,25,26)(H,27,28)/t17-,19+/m0/s1. The van der Waals surface area contributed by atoms with E-state index in [1.807, 2.05) is 54.7 Å². The van der Waals surface area contributed by atoms with E-state index in [0.29, 0.717) is 13.0 Å². The predicted octanol–water partition coefficient (Wildman–Crippen LogP) is 1.31. The summed E-state index contributed by atoms with van der Waals surface area (Å²) in [6.07, 6.45) is 2.31. The van der Waals surface area contributed by atoms with Crippen LogP contribution in [0.3, 0.4) is 0 Å². The predicted molar refractivity (Wildman–Crippen MR) is 108 cm³/mol. The van der Waals surface area contributed by atoms with Gasteiger partial charge in [-0.2, -0.15) is 0 Å². The first-order chi connectivity index (χ1) is 13.5. The number of H-pyrrole nitrogens is 1. The number of para-hydroxylation sites is 1. The Balaban J connectivity index is 1.65. The molecule has 1 aromatic heterocycles. The maximum Gasteiger partial charge on any atom is 0.326 e. The molecule has 0 aliphatic heterocycles. The van der Waals surface area contributed by atoms with Gasteiger partial charge in [0, 0.05) is 30.1 Å². The van der Waals surface area contributed by atoms with Crippen molar-refractivity contribution < 1.29 is 14.7 Å². The van der Waals surface area contributed by atoms with Crippen molar-refractivity contribution in [3.8, 4) is 0 Å². The number of rotatable bonds is 8. The van der Waals surface area contributed by atoms with Gasteiger partial charge in [-0.25, -0.2) is 4.79 Å². The first kappa shape index (κ1) is 19.6. The van der Waals surface area contributed by atoms with E-state index in [-0.39, 0.29) is 6.42 Å². The summed E-state index contributed by atoms with van der Waals surface area (Å²) in [4.78, 5) is 27.2. The summed E-state index contributed by atoms with van der Waals surface area (Å²) in [5.74, 6) is -1.59. The Hall–Kier alpha value is -3.16. The number of hydrogen-bond acceptors (Lipinski definition) is 4. The average Bonchev–Trinajstić information content (AvgIpc) is 3.10. The van der Waals surface area contributed by atoms with Crippen LogP contribution in [-0.2, 0) is 29.0 Å². The van der Waals surface area contributed by atoms with Crippen molar-refractivity contribution in [1.82, 2.24) is 10.3 Å². The lowest BCUT2D eigenvalue weighted by Crippen LogP contribution is -2.50. The lowest BCUT2D eigenvalue weighted by Gasteiger charge is -2.18. The van der Waals surface area contributed by atoms with Crippen LogP contribution in [0, 0.1) is 0 Å². The molecular formula is C21H24N4O3. The molecule has 2 atom stereocenters. The van der Waals surface area contributed by atoms with Gasteiger partial charge in [-0.05, 0) is 29.2 Å². The van der Waals surface area contributed by atoms with Crippen LogP contribution in [0.4, 0.5) is 0 Å². The van der Waals surface area contributed by atoms with Gasteiger partial charge in [0.05, 0.1) is 6.04 Å². The number of aromatic amines is 1. The van der Waals surface area contributed by atoms with Crippen molar-refractivity contribution in [2.45, 2.75) is 31.5 Å². The highest BCUT2D eigenvalue weighted by Crippen LogP contribution is 2.18. The minimum absolute atomic E-state index is 0.172. The topological polar surface area (TPSA) is 134 Å². The number of fused-ring (bicyclic) bond motifs is 1. The lowest BCUT2D eigenvalue weighted by molar-refractivity contribution is -0.141. The number of carboxylic acid groups (broad SMARTS) is 1. The Labute approximate surface area is 162 Å². The molecule has 0 radical (unpaired) electrons. The quantitative estimate of drug-likeness (QED) is 0.402. The highest BCUT2D eigenvalue weighted by Gasteiger charge is 2.24. The fraction of sp³-hybridized carbons (Fsp3) is 0.238. The highest BCUT2D eigenvalue weighted by molar-refractivity contribution is 5.88. The molecule has 7 nitrogen and oxygen atoms in total. The van der Waals surface area contributed by atoms with Crippen LogP contribution in [0.1, 0.15) is 16.7 Å². The molecule has 0 unspecified atom stereocenters. The molecule has 1 heterocycles. The van der Waals surface area contributed by atoms with Gasteiger partial charge in [0.25, 0.3) is 0 Å². The zero-order valence-electron chi connectivity index (χ0n) is 15.4. The molecule has 0 saturated carbocycles. The van der Waals surface area contributed by atoms with E-state index in [1.165, 1.54) is 0 Å². The summed E-state index contributed by atoms with van der Waals surface area (Å²) < 4.78 is 0. The molecule has 146 valence electrons. The minimum Gasteiger partial charge on any atom is -0.480 e. The highest BCUT2D eigenvalue weighted by atomic mass is 16.4. The van der Waals surface area contributed by atoms with Gasteiger partial charge in [0.2, 0.25) is 5.91 Å². The van der Waals surface area contributed by atoms with E-state index in [2.05, 4.69) is 10.3 Å². The van der Waals surface area contributed by atoms with E-state index in [0.717, 1.165) is 27.6 Å². The van der Waals surface area contributed by atoms with E-state index in [4.69, 9.17) is 11.5 Å². The zero-order chi connectivity index (χ0) is 20.1. The third-order valence-corrected chi connectivity index (χ3v) is 4.76. The molecule has 0 fully saturated rings. The number of carboxylic acids is 1. The summed E-state index contributed by atoms with van der Waals surface area (Å²) in [5, 5.41) is 13.0. The molecule has 28 heavy (non-hydrogen) atoms. The molecule has 0 saturated heterocycles. The van der Waals surface area contributed by atoms with Gasteiger partial charge >= 0.3 is 5.97 Å². The Morgan fingerprint density at radius 1 is 1.04 bits per heavy atom. The van der Waals surface area contributed by atoms with Gasteiger partial charge in [-0.3, -0.25) is 4.79 Å². The monoisotopic (exact) mass is 380 g/mol. The van der Waals surface area contributed by atoms with E-state index in [9.17, 15) is 14.7 Å². The van der Waals surface area contributed by atoms with Crippen LogP contribution in [0.2, 0.25) is 0 Å². The summed E-state index contributed by atoms with van der Waals surface area (Å²) >= 11 is 0. The number of hydrogen-bond donors (Lipinski definition) is 5. The van der Waals surface area contributed by atoms with Crippen molar-refractivity contribution in [2.75, 3.05) is 0 Å². The first-order valence-corrected chi connectivity index (χ1v) is 9.09. The van der Waals surface area contributed by atoms with Gasteiger partial charge in [-0.15, -0.1) is 0 Å². The van der Waals surface area contributed by atoms with Gasteiger partial charge in [-0.1, -0.05) is 42.5 Å². The van der Waals surface area contributed by atoms with Crippen LogP contribution >= 0.6 is 0 Å². The van der Waals surface area contributed by atoms with E-state index < -0.39 is 24.0 Å². The molecule has 0 aliphatic carbocycles. The van der Waals surface area contributed by atoms with Crippen LogP contribution in [0.25, 0.3) is 10.9 Å². The van der Waals surface area contributed by atoms with Crippen molar-refractivity contribution >= 4 is 22.8 Å². The first-order valence-electron chi connectivity index (χ1n) is 9.09. The Morgan fingerprint density at radius 3 is 2.39 bits per heavy atom. The number of nitrogens with two attached hydrogens (primary N) is 2. The van der Waals surface area contributed by atoms with Gasteiger partial charge in [0.1, 0.15) is 6.04 Å². The lowest BCUT2D eigenvalue weighted by atomic mass is 10.0. The fourth-order valence-corrected chi connectivity index (χ4v) is 3.16. The van der Waals surface area contributed by atoms with Crippen molar-refractivity contribution in [3.63, 3.8) is 0 Å². The SMILES string of the molecule is NCc1ccc(C[C@@H](NC(=O)[C@@H](N)Cc2c[nH]c3ccccc23)C(=O)O)cc1. The van der Waals surface area contributed by atoms with Crippen molar-refractivity contribution in [2.24, 2.45) is 11.5 Å². The molecule has 7 N–H and O–H groups in total. The molecule has 1 amide bonds. The molecule has 0 spiro atoms. The summed E-state index contributed by atoms with van der Waals surface area (Å²) in [5.41, 5.74) is 15.3. The Bertz CT molecular complexity index is 965. The Morgan fingerprint density at radius 2 is 1.71 bits per heavy atom. The van der Waals surface area contributed by atoms with E-state index >= 15 is 0 Å². The fourth-order valence-electron chi connectivity index (χ4n) is 3.16. The molecule has 0 aliphatic rings. The summed E-state index contributed by atoms with van der Waals surface area (Å²) in [6, 6.07) is 13.2. The van der Waals surface area contributed by atoms with Gasteiger partial charge in [0.15, 0.2) is 0 Å².